The van der Waals surface area contributed by atoms with Crippen LogP contribution in [0.2, 0.25) is 0 Å². The Hall–Kier alpha value is -1.10. The van der Waals surface area contributed by atoms with E-state index in [1.807, 2.05) is 0 Å². The van der Waals surface area contributed by atoms with Crippen LogP contribution in [0.3, 0.4) is 0 Å². The van der Waals surface area contributed by atoms with Crippen LogP contribution < -0.4 is 20.1 Å². The van der Waals surface area contributed by atoms with Crippen LogP contribution in [-0.4, -0.2) is 26.4 Å². The molecular weight excluding hydrogens is 526 g/mol. The third-order valence-electron chi connectivity index (χ3n) is 9.02. The van der Waals surface area contributed by atoms with Crippen molar-refractivity contribution < 1.29 is 9.47 Å². The summed E-state index contributed by atoms with van der Waals surface area (Å²) in [6.07, 6.45) is 5.74. The molecule has 1 spiro atoms. The molecule has 1 aliphatic carbocycles. The Kier molecular flexibility index (Phi) is 7.58. The van der Waals surface area contributed by atoms with Gasteiger partial charge in [-0.15, -0.1) is 0 Å². The van der Waals surface area contributed by atoms with E-state index < -0.39 is 21.6 Å². The van der Waals surface area contributed by atoms with E-state index in [0.717, 1.165) is 24.3 Å². The highest BCUT2D eigenvalue weighted by molar-refractivity contribution is 7.69. The van der Waals surface area contributed by atoms with Crippen molar-refractivity contribution in [3.8, 4) is 11.5 Å². The van der Waals surface area contributed by atoms with Gasteiger partial charge in [-0.3, -0.25) is 0 Å². The number of ether oxygens (including phenoxy) is 2. The Morgan fingerprint density at radius 2 is 0.925 bits per heavy atom. The van der Waals surface area contributed by atoms with Crippen LogP contribution in [-0.2, 0) is 12.8 Å². The van der Waals surface area contributed by atoms with Crippen molar-refractivity contribution in [2.24, 2.45) is 11.8 Å². The van der Waals surface area contributed by atoms with Crippen molar-refractivity contribution in [2.45, 2.75) is 142 Å². The summed E-state index contributed by atoms with van der Waals surface area (Å²) < 4.78 is 15.0. The van der Waals surface area contributed by atoms with E-state index in [1.165, 1.54) is 41.0 Å². The maximum absolute atomic E-state index is 7.49. The zero-order chi connectivity index (χ0) is 29.5. The van der Waals surface area contributed by atoms with Crippen LogP contribution in [0.15, 0.2) is 36.4 Å². The minimum Gasteiger partial charge on any atom is -0.451 e. The monoisotopic (exact) mass is 580 g/mol. The van der Waals surface area contributed by atoms with Crippen LogP contribution in [0.4, 0.5) is 0 Å². The quantitative estimate of drug-likeness (QED) is 0.329. The molecule has 0 radical (unpaired) electrons. The molecule has 2 unspecified atom stereocenters. The molecule has 40 heavy (non-hydrogen) atoms. The van der Waals surface area contributed by atoms with Crippen LogP contribution >= 0.6 is 15.8 Å². The van der Waals surface area contributed by atoms with Gasteiger partial charge < -0.3 is 9.47 Å². The first kappa shape index (κ1) is 30.4. The molecule has 2 aliphatic heterocycles. The SMILES string of the molecule is CC(C)(C)P(c1cccc2c1OC13Oc4c(cccc4P(C(C)(C)C)C(C)(C)C)C[C@H]1CCCC3C2)C(C)(C)C. The van der Waals surface area contributed by atoms with Gasteiger partial charge in [-0.1, -0.05) is 142 Å². The molecular formula is C36H54O2P2. The minimum atomic E-state index is -0.571. The average Bonchev–Trinajstić information content (AvgIpc) is 2.77. The van der Waals surface area contributed by atoms with Crippen molar-refractivity contribution >= 4 is 26.5 Å². The summed E-state index contributed by atoms with van der Waals surface area (Å²) >= 11 is 0. The maximum Gasteiger partial charge on any atom is 0.257 e. The molecule has 2 nitrogen and oxygen atoms in total. The first-order chi connectivity index (χ1) is 18.3. The average molecular weight is 581 g/mol. The molecule has 0 aromatic heterocycles. The maximum atomic E-state index is 7.49. The summed E-state index contributed by atoms with van der Waals surface area (Å²) in [6, 6.07) is 14.0. The number of fused-ring (bicyclic) bond motifs is 2. The predicted octanol–water partition coefficient (Wildman–Crippen LogP) is 9.78. The molecule has 5 rings (SSSR count). The molecule has 2 aromatic carbocycles. The van der Waals surface area contributed by atoms with E-state index in [0.29, 0.717) is 11.8 Å². The lowest BCUT2D eigenvalue weighted by Gasteiger charge is -2.55. The molecule has 0 N–H and O–H groups in total. The largest absolute Gasteiger partial charge is 0.451 e. The Bertz CT molecular complexity index is 1130. The number of benzene rings is 2. The van der Waals surface area contributed by atoms with Crippen molar-refractivity contribution in [1.29, 1.82) is 0 Å². The highest BCUT2D eigenvalue weighted by atomic mass is 31.1. The Labute approximate surface area is 247 Å². The second kappa shape index (κ2) is 9.98. The summed E-state index contributed by atoms with van der Waals surface area (Å²) in [4.78, 5) is 0. The zero-order valence-electron chi connectivity index (χ0n) is 27.4. The molecule has 1 fully saturated rings. The van der Waals surface area contributed by atoms with Gasteiger partial charge in [0.25, 0.3) is 5.79 Å². The van der Waals surface area contributed by atoms with Crippen LogP contribution in [0.5, 0.6) is 11.5 Å². The Morgan fingerprint density at radius 3 is 1.25 bits per heavy atom. The standard InChI is InChI=1S/C36H54O2P2/c1-32(2,3)39(33(4,5)6)28-20-13-16-24-22-26-18-15-19-27-23-25-17-14-21-29(40(34(7,8)9)35(10,11)12)31(25)38-36(26,27)37-30(24)28/h13-14,16-17,20-21,26-27H,15,18-19,22-23H2,1-12H3/t26-,27?,36?/m1/s1. The van der Waals surface area contributed by atoms with E-state index in [4.69, 9.17) is 9.47 Å². The van der Waals surface area contributed by atoms with Gasteiger partial charge >= 0.3 is 0 Å². The minimum absolute atomic E-state index is 0.176. The summed E-state index contributed by atoms with van der Waals surface area (Å²) in [5, 5.41) is 3.56. The van der Waals surface area contributed by atoms with Crippen molar-refractivity contribution in [2.75, 3.05) is 0 Å². The molecule has 0 saturated heterocycles. The molecule has 0 bridgehead atoms. The van der Waals surface area contributed by atoms with Crippen LogP contribution in [0.1, 0.15) is 113 Å². The highest BCUT2D eigenvalue weighted by Gasteiger charge is 2.58. The van der Waals surface area contributed by atoms with E-state index in [-0.39, 0.29) is 20.6 Å². The fourth-order valence-corrected chi connectivity index (χ4v) is 16.7. The number of para-hydroxylation sites is 2. The summed E-state index contributed by atoms with van der Waals surface area (Å²) in [7, 11) is -0.965. The summed E-state index contributed by atoms with van der Waals surface area (Å²) in [6.45, 7) is 29.0. The molecule has 3 aliphatic rings. The van der Waals surface area contributed by atoms with Gasteiger partial charge in [-0.2, -0.15) is 0 Å². The van der Waals surface area contributed by atoms with Crippen molar-refractivity contribution in [1.82, 2.24) is 0 Å². The molecule has 2 heterocycles. The van der Waals surface area contributed by atoms with E-state index in [1.54, 1.807) is 0 Å². The van der Waals surface area contributed by atoms with Crippen LogP contribution in [0, 0.1) is 11.8 Å². The highest BCUT2D eigenvalue weighted by Crippen LogP contribution is 2.63. The molecule has 220 valence electrons. The predicted molar refractivity (Wildman–Crippen MR) is 177 cm³/mol. The van der Waals surface area contributed by atoms with Crippen molar-refractivity contribution in [3.63, 3.8) is 0 Å². The second-order valence-electron chi connectivity index (χ2n) is 16.5. The third-order valence-corrected chi connectivity index (χ3v) is 16.1. The van der Waals surface area contributed by atoms with Gasteiger partial charge in [0.2, 0.25) is 0 Å². The second-order valence-corrected chi connectivity index (χ2v) is 24.2. The van der Waals surface area contributed by atoms with Gasteiger partial charge in [0.1, 0.15) is 11.5 Å². The molecule has 2 aromatic rings. The van der Waals surface area contributed by atoms with E-state index >= 15 is 0 Å². The lowest BCUT2D eigenvalue weighted by Crippen LogP contribution is -2.62. The Balaban J connectivity index is 1.67. The van der Waals surface area contributed by atoms with Gasteiger partial charge in [-0.05, 0) is 57.4 Å². The summed E-state index contributed by atoms with van der Waals surface area (Å²) in [5.41, 5.74) is 2.79. The van der Waals surface area contributed by atoms with E-state index in [9.17, 15) is 0 Å². The first-order valence-corrected chi connectivity index (χ1v) is 18.2. The number of hydrogen-bond donors (Lipinski definition) is 0. The lowest BCUT2D eigenvalue weighted by molar-refractivity contribution is -0.225. The van der Waals surface area contributed by atoms with Gasteiger partial charge in [0, 0.05) is 22.4 Å². The Morgan fingerprint density at radius 1 is 0.575 bits per heavy atom. The fraction of sp³-hybridized carbons (Fsp3) is 0.667. The topological polar surface area (TPSA) is 18.5 Å². The van der Waals surface area contributed by atoms with Gasteiger partial charge in [-0.25, -0.2) is 0 Å². The fourth-order valence-electron chi connectivity index (χ4n) is 8.55. The molecule has 4 heteroatoms. The lowest BCUT2D eigenvalue weighted by atomic mass is 9.68. The van der Waals surface area contributed by atoms with Crippen molar-refractivity contribution in [3.05, 3.63) is 47.5 Å². The first-order valence-electron chi connectivity index (χ1n) is 15.6. The van der Waals surface area contributed by atoms with E-state index in [2.05, 4.69) is 119 Å². The smallest absolute Gasteiger partial charge is 0.257 e. The molecule has 1 saturated carbocycles. The van der Waals surface area contributed by atoms with Gasteiger partial charge in [0.05, 0.1) is 0 Å². The molecule has 3 atom stereocenters. The van der Waals surface area contributed by atoms with Crippen LogP contribution in [0.25, 0.3) is 0 Å². The summed E-state index contributed by atoms with van der Waals surface area (Å²) in [5.74, 6) is 2.51. The normalized spacial score (nSPS) is 24.9. The number of rotatable bonds is 2. The molecule has 0 amide bonds. The number of hydrogen-bond acceptors (Lipinski definition) is 2. The van der Waals surface area contributed by atoms with Gasteiger partial charge in [0.15, 0.2) is 0 Å². The third kappa shape index (κ3) is 5.28. The zero-order valence-corrected chi connectivity index (χ0v) is 29.2.